The molecule has 2 aliphatic heterocycles. The Hall–Kier alpha value is -1.50. The van der Waals surface area contributed by atoms with Gasteiger partial charge in [-0.05, 0) is 48.7 Å². The second-order valence-electron chi connectivity index (χ2n) is 7.03. The topological polar surface area (TPSA) is 35.9 Å². The molecule has 0 spiro atoms. The lowest BCUT2D eigenvalue weighted by Crippen LogP contribution is -2.45. The van der Waals surface area contributed by atoms with Crippen LogP contribution < -0.4 is 0 Å². The van der Waals surface area contributed by atoms with Gasteiger partial charge >= 0.3 is 0 Å². The van der Waals surface area contributed by atoms with Crippen molar-refractivity contribution in [2.24, 2.45) is 5.10 Å². The minimum atomic E-state index is 0.0458. The molecule has 2 atom stereocenters. The molecule has 0 N–H and O–H groups in total. The van der Waals surface area contributed by atoms with E-state index < -0.39 is 0 Å². The Morgan fingerprint density at radius 3 is 2.81 bits per heavy atom. The van der Waals surface area contributed by atoms with Gasteiger partial charge in [-0.3, -0.25) is 9.69 Å². The summed E-state index contributed by atoms with van der Waals surface area (Å²) in [6, 6.07) is 8.91. The average Bonchev–Trinajstić information content (AvgIpc) is 3.42. The zero-order valence-corrected chi connectivity index (χ0v) is 16.8. The molecule has 0 aliphatic carbocycles. The number of carbonyl (C=O) groups is 1. The van der Waals surface area contributed by atoms with Crippen molar-refractivity contribution >= 4 is 34.3 Å². The van der Waals surface area contributed by atoms with Crippen LogP contribution in [0.1, 0.15) is 54.8 Å². The molecule has 0 aromatic carbocycles. The lowest BCUT2D eigenvalue weighted by Gasteiger charge is -2.35. The fraction of sp³-hybridized carbons (Fsp3) is 0.500. The van der Waals surface area contributed by atoms with Crippen LogP contribution in [0.2, 0.25) is 0 Å². The summed E-state index contributed by atoms with van der Waals surface area (Å²) in [5.41, 5.74) is 1.04. The first-order chi connectivity index (χ1) is 12.8. The second-order valence-corrected chi connectivity index (χ2v) is 8.95. The molecule has 4 rings (SSSR count). The highest BCUT2D eigenvalue weighted by Gasteiger charge is 2.35. The van der Waals surface area contributed by atoms with E-state index in [1.54, 1.807) is 27.7 Å². The van der Waals surface area contributed by atoms with Crippen LogP contribution in [-0.2, 0) is 4.79 Å². The summed E-state index contributed by atoms with van der Waals surface area (Å²) in [6.07, 6.45) is 5.62. The summed E-state index contributed by atoms with van der Waals surface area (Å²) in [7, 11) is 0. The smallest absolute Gasteiger partial charge is 0.257 e. The van der Waals surface area contributed by atoms with Crippen molar-refractivity contribution in [1.82, 2.24) is 9.91 Å². The van der Waals surface area contributed by atoms with Crippen molar-refractivity contribution in [3.8, 4) is 0 Å². The lowest BCUT2D eigenvalue weighted by atomic mass is 10.00. The van der Waals surface area contributed by atoms with Gasteiger partial charge in [0.15, 0.2) is 0 Å². The highest BCUT2D eigenvalue weighted by molar-refractivity contribution is 7.12. The third-order valence-electron chi connectivity index (χ3n) is 5.40. The van der Waals surface area contributed by atoms with Gasteiger partial charge in [-0.2, -0.15) is 5.10 Å². The van der Waals surface area contributed by atoms with Crippen LogP contribution in [0, 0.1) is 0 Å². The van der Waals surface area contributed by atoms with Crippen molar-refractivity contribution in [1.29, 1.82) is 0 Å². The van der Waals surface area contributed by atoms with E-state index in [0.29, 0.717) is 12.6 Å². The van der Waals surface area contributed by atoms with Gasteiger partial charge < -0.3 is 0 Å². The van der Waals surface area contributed by atoms with Gasteiger partial charge in [0.1, 0.15) is 0 Å². The summed E-state index contributed by atoms with van der Waals surface area (Å²) < 4.78 is 0. The fourth-order valence-corrected chi connectivity index (χ4v) is 5.54. The first-order valence-electron chi connectivity index (χ1n) is 9.47. The number of hydrazone groups is 1. The number of nitrogens with zero attached hydrogens (tertiary/aromatic N) is 3. The fourth-order valence-electron chi connectivity index (χ4n) is 4.01. The number of thiophene rings is 2. The highest BCUT2D eigenvalue weighted by atomic mass is 32.1. The van der Waals surface area contributed by atoms with Crippen LogP contribution in [0.3, 0.4) is 0 Å². The summed E-state index contributed by atoms with van der Waals surface area (Å²) >= 11 is 3.41. The molecule has 2 unspecified atom stereocenters. The molecule has 2 aromatic rings. The maximum absolute atomic E-state index is 13.2. The number of hydrogen-bond donors (Lipinski definition) is 0. The van der Waals surface area contributed by atoms with Gasteiger partial charge in [-0.15, -0.1) is 22.7 Å². The van der Waals surface area contributed by atoms with Gasteiger partial charge in [-0.1, -0.05) is 25.5 Å². The molecule has 1 amide bonds. The maximum Gasteiger partial charge on any atom is 0.257 e. The van der Waals surface area contributed by atoms with Gasteiger partial charge in [0, 0.05) is 17.3 Å². The lowest BCUT2D eigenvalue weighted by molar-refractivity contribution is -0.135. The van der Waals surface area contributed by atoms with Crippen molar-refractivity contribution < 1.29 is 4.79 Å². The van der Waals surface area contributed by atoms with Gasteiger partial charge in [-0.25, -0.2) is 5.01 Å². The molecule has 0 radical (unpaired) electrons. The third-order valence-corrected chi connectivity index (χ3v) is 7.29. The Morgan fingerprint density at radius 1 is 1.23 bits per heavy atom. The quantitative estimate of drug-likeness (QED) is 0.742. The Morgan fingerprint density at radius 2 is 2.08 bits per heavy atom. The number of rotatable bonds is 5. The van der Waals surface area contributed by atoms with Crippen LogP contribution in [-0.4, -0.2) is 40.7 Å². The minimum Gasteiger partial charge on any atom is -0.291 e. The van der Waals surface area contributed by atoms with Crippen molar-refractivity contribution in [3.63, 3.8) is 0 Å². The molecule has 0 bridgehead atoms. The van der Waals surface area contributed by atoms with E-state index in [2.05, 4.69) is 40.8 Å². The summed E-state index contributed by atoms with van der Waals surface area (Å²) in [5.74, 6) is 0.135. The van der Waals surface area contributed by atoms with E-state index in [0.717, 1.165) is 25.1 Å². The monoisotopic (exact) mass is 387 g/mol. The molecule has 4 nitrogen and oxygen atoms in total. The molecular formula is C20H25N3OS2. The van der Waals surface area contributed by atoms with Crippen molar-refractivity contribution in [2.45, 2.75) is 51.1 Å². The van der Waals surface area contributed by atoms with Crippen LogP contribution in [0.5, 0.6) is 0 Å². The molecule has 1 saturated heterocycles. The van der Waals surface area contributed by atoms with E-state index in [1.165, 1.54) is 29.0 Å². The zero-order chi connectivity index (χ0) is 17.9. The molecule has 0 saturated carbocycles. The first kappa shape index (κ1) is 17.9. The summed E-state index contributed by atoms with van der Waals surface area (Å²) in [4.78, 5) is 17.9. The van der Waals surface area contributed by atoms with E-state index in [-0.39, 0.29) is 11.9 Å². The molecule has 6 heteroatoms. The zero-order valence-electron chi connectivity index (χ0n) is 15.1. The SMILES string of the molecule is CCC1CCCCN1CC(=O)N1N=C(c2cccs2)CC1c1cccs1. The predicted octanol–water partition coefficient (Wildman–Crippen LogP) is 4.75. The van der Waals surface area contributed by atoms with Gasteiger partial charge in [0.05, 0.1) is 23.2 Å². The highest BCUT2D eigenvalue weighted by Crippen LogP contribution is 2.36. The number of piperidine rings is 1. The van der Waals surface area contributed by atoms with Crippen molar-refractivity contribution in [3.05, 3.63) is 44.8 Å². The van der Waals surface area contributed by atoms with Crippen LogP contribution >= 0.6 is 22.7 Å². The molecule has 2 aliphatic rings. The summed E-state index contributed by atoms with van der Waals surface area (Å²) in [6.45, 7) is 3.75. The number of hydrogen-bond acceptors (Lipinski definition) is 5. The maximum atomic E-state index is 13.2. The molecule has 26 heavy (non-hydrogen) atoms. The van der Waals surface area contributed by atoms with Gasteiger partial charge in [0.25, 0.3) is 5.91 Å². The number of amides is 1. The Balaban J connectivity index is 1.55. The Labute approximate surface area is 163 Å². The average molecular weight is 388 g/mol. The normalized spacial score (nSPS) is 24.0. The summed E-state index contributed by atoms with van der Waals surface area (Å²) in [5, 5.41) is 10.7. The van der Waals surface area contributed by atoms with Crippen LogP contribution in [0.15, 0.2) is 40.1 Å². The Kier molecular flexibility index (Phi) is 5.52. The van der Waals surface area contributed by atoms with E-state index in [9.17, 15) is 4.79 Å². The standard InChI is InChI=1S/C20H25N3OS2/c1-2-15-7-3-4-10-22(15)14-20(24)23-17(19-9-6-12-26-19)13-16(21-23)18-8-5-11-25-18/h5-6,8-9,11-12,15,17H,2-4,7,10,13-14H2,1H3. The van der Waals surface area contributed by atoms with E-state index in [4.69, 9.17) is 5.10 Å². The predicted molar refractivity (Wildman–Crippen MR) is 109 cm³/mol. The Bertz CT molecular complexity index is 754. The van der Waals surface area contributed by atoms with Gasteiger partial charge in [0.2, 0.25) is 0 Å². The third kappa shape index (κ3) is 3.63. The van der Waals surface area contributed by atoms with Crippen LogP contribution in [0.4, 0.5) is 0 Å². The molecular weight excluding hydrogens is 362 g/mol. The second kappa shape index (κ2) is 8.03. The molecule has 138 valence electrons. The number of carbonyl (C=O) groups excluding carboxylic acids is 1. The minimum absolute atomic E-state index is 0.0458. The van der Waals surface area contributed by atoms with E-state index >= 15 is 0 Å². The largest absolute Gasteiger partial charge is 0.291 e. The molecule has 1 fully saturated rings. The number of likely N-dealkylation sites (tertiary alicyclic amines) is 1. The van der Waals surface area contributed by atoms with E-state index in [1.807, 2.05) is 6.07 Å². The van der Waals surface area contributed by atoms with Crippen molar-refractivity contribution in [2.75, 3.05) is 13.1 Å². The van der Waals surface area contributed by atoms with Crippen LogP contribution in [0.25, 0.3) is 0 Å². The molecule has 2 aromatic heterocycles. The molecule has 4 heterocycles. The first-order valence-corrected chi connectivity index (χ1v) is 11.2.